The van der Waals surface area contributed by atoms with Crippen molar-refractivity contribution in [1.82, 2.24) is 0 Å². The van der Waals surface area contributed by atoms with E-state index in [2.05, 4.69) is 43.6 Å². The van der Waals surface area contributed by atoms with Crippen molar-refractivity contribution < 1.29 is 19.1 Å². The third kappa shape index (κ3) is 1.37. The number of quaternary nitrogens is 1. The van der Waals surface area contributed by atoms with Crippen LogP contribution in [0.4, 0.5) is 5.69 Å². The van der Waals surface area contributed by atoms with Gasteiger partial charge in [0.15, 0.2) is 5.41 Å². The molecule has 1 aliphatic carbocycles. The van der Waals surface area contributed by atoms with Crippen LogP contribution in [0.5, 0.6) is 0 Å². The molecule has 5 heteroatoms. The lowest BCUT2D eigenvalue weighted by Crippen LogP contribution is -2.79. The average molecular weight is 367 g/mol. The lowest BCUT2D eigenvalue weighted by molar-refractivity contribution is -0.975. The van der Waals surface area contributed by atoms with Crippen LogP contribution in [-0.2, 0) is 14.9 Å². The Morgan fingerprint density at radius 3 is 2.93 bits per heavy atom. The number of anilines is 1. The number of para-hydroxylation sites is 1. The van der Waals surface area contributed by atoms with Gasteiger partial charge in [0.25, 0.3) is 0 Å². The monoisotopic (exact) mass is 367 g/mol. The highest BCUT2D eigenvalue weighted by Gasteiger charge is 2.87. The zero-order valence-corrected chi connectivity index (χ0v) is 16.1. The fraction of sp³-hybridized carbons (Fsp3) is 0.591. The van der Waals surface area contributed by atoms with Crippen molar-refractivity contribution in [3.05, 3.63) is 41.5 Å². The fourth-order valence-electron chi connectivity index (χ4n) is 8.23. The molecule has 0 aromatic heterocycles. The first-order valence-corrected chi connectivity index (χ1v) is 10.1. The molecule has 8 atom stereocenters. The third-order valence-electron chi connectivity index (χ3n) is 9.11. The predicted molar refractivity (Wildman–Crippen MR) is 101 cm³/mol. The van der Waals surface area contributed by atoms with E-state index in [0.29, 0.717) is 6.04 Å². The van der Waals surface area contributed by atoms with Crippen molar-refractivity contribution in [3.8, 4) is 0 Å². The average Bonchev–Trinajstić information content (AvgIpc) is 3.13. The van der Waals surface area contributed by atoms with Gasteiger partial charge in [-0.3, -0.25) is 4.79 Å². The summed E-state index contributed by atoms with van der Waals surface area (Å²) in [4.78, 5) is 13.4. The van der Waals surface area contributed by atoms with E-state index in [1.807, 2.05) is 6.07 Å². The lowest BCUT2D eigenvalue weighted by atomic mass is 9.57. The van der Waals surface area contributed by atoms with Crippen LogP contribution < -0.4 is 5.32 Å². The summed E-state index contributed by atoms with van der Waals surface area (Å²) in [5.41, 5.74) is 2.41. The number of piperidine rings is 4. The van der Waals surface area contributed by atoms with E-state index in [4.69, 9.17) is 4.74 Å². The van der Waals surface area contributed by atoms with Gasteiger partial charge in [0, 0.05) is 24.4 Å². The highest BCUT2D eigenvalue weighted by atomic mass is 16.5. The predicted octanol–water partition coefficient (Wildman–Crippen LogP) is 1.82. The van der Waals surface area contributed by atoms with E-state index in [1.165, 1.54) is 18.2 Å². The summed E-state index contributed by atoms with van der Waals surface area (Å²) in [7, 11) is 3.78. The molecule has 4 saturated heterocycles. The number of allylic oxidation sites excluding steroid dienone is 1. The largest absolute Gasteiger partial charge is 0.468 e. The van der Waals surface area contributed by atoms with Crippen molar-refractivity contribution in [2.24, 2.45) is 11.3 Å². The van der Waals surface area contributed by atoms with Gasteiger partial charge in [-0.15, -0.1) is 0 Å². The molecule has 5 bridgehead atoms. The molecule has 1 saturated carbocycles. The zero-order chi connectivity index (χ0) is 18.8. The van der Waals surface area contributed by atoms with E-state index in [-0.39, 0.29) is 24.0 Å². The van der Waals surface area contributed by atoms with Crippen molar-refractivity contribution in [2.75, 3.05) is 26.0 Å². The van der Waals surface area contributed by atoms with E-state index in [0.717, 1.165) is 29.6 Å². The molecule has 142 valence electrons. The standard InChI is InChI=1S/C22H27N2O3/c1-4-12-11-24(2)16-9-14(12)22(20(26)27-3)17(24)10-21(19(22)25)13-7-5-6-8-15(13)23-18(16)21/h4-8,14,16-19,23,25H,9-11H2,1-3H3/q+1/b12-4+/t14-,16+,17+,18+,19+,21-,22+,24-/m1/s1. The number of benzene rings is 1. The minimum atomic E-state index is -0.839. The van der Waals surface area contributed by atoms with Crippen molar-refractivity contribution in [2.45, 2.75) is 49.4 Å². The van der Waals surface area contributed by atoms with Crippen LogP contribution in [-0.4, -0.2) is 60.5 Å². The number of carbonyl (C=O) groups is 1. The fourth-order valence-corrected chi connectivity index (χ4v) is 8.23. The van der Waals surface area contributed by atoms with Gasteiger partial charge in [0.05, 0.1) is 31.7 Å². The molecule has 0 unspecified atom stereocenters. The van der Waals surface area contributed by atoms with Gasteiger partial charge in [-0.25, -0.2) is 0 Å². The van der Waals surface area contributed by atoms with Gasteiger partial charge in [-0.1, -0.05) is 24.3 Å². The maximum atomic E-state index is 13.4. The summed E-state index contributed by atoms with van der Waals surface area (Å²) in [6, 6.07) is 9.05. The Hall–Kier alpha value is -1.85. The van der Waals surface area contributed by atoms with E-state index in [1.54, 1.807) is 0 Å². The van der Waals surface area contributed by atoms with E-state index >= 15 is 0 Å². The highest BCUT2D eigenvalue weighted by Crippen LogP contribution is 2.73. The second-order valence-corrected chi connectivity index (χ2v) is 9.48. The van der Waals surface area contributed by atoms with Crippen LogP contribution in [0.3, 0.4) is 0 Å². The number of rotatable bonds is 1. The number of aliphatic hydroxyl groups is 1. The number of hydrogen-bond donors (Lipinski definition) is 2. The number of esters is 1. The topological polar surface area (TPSA) is 58.6 Å². The summed E-state index contributed by atoms with van der Waals surface area (Å²) in [6.07, 6.45) is 3.23. The molecule has 5 fully saturated rings. The normalized spacial score (nSPS) is 51.9. The maximum absolute atomic E-state index is 13.4. The molecule has 1 aromatic rings. The third-order valence-corrected chi connectivity index (χ3v) is 9.11. The Morgan fingerprint density at radius 1 is 1.41 bits per heavy atom. The van der Waals surface area contributed by atoms with Crippen LogP contribution in [0.15, 0.2) is 35.9 Å². The number of nitrogens with one attached hydrogen (secondary N) is 1. The van der Waals surface area contributed by atoms with Crippen LogP contribution in [0.2, 0.25) is 0 Å². The van der Waals surface area contributed by atoms with Gasteiger partial charge in [-0.2, -0.15) is 0 Å². The van der Waals surface area contributed by atoms with Gasteiger partial charge in [0.2, 0.25) is 0 Å². The van der Waals surface area contributed by atoms with E-state index in [9.17, 15) is 9.90 Å². The van der Waals surface area contributed by atoms with E-state index < -0.39 is 16.9 Å². The molecule has 5 heterocycles. The molecule has 0 amide bonds. The van der Waals surface area contributed by atoms with Gasteiger partial charge < -0.3 is 19.6 Å². The van der Waals surface area contributed by atoms with Crippen LogP contribution in [0.1, 0.15) is 25.3 Å². The molecule has 6 aliphatic rings. The Balaban J connectivity index is 1.68. The Labute approximate surface area is 159 Å². The SMILES string of the molecule is C/C=C1\C[N@+]2(C)[C@H]3C[C@H]1[C@@]1(C(=O)OC)[C@@H](O)[C@]4(C[C@@H]12)c1ccccc1N[C@@H]34. The van der Waals surface area contributed by atoms with Crippen LogP contribution >= 0.6 is 0 Å². The molecular weight excluding hydrogens is 340 g/mol. The zero-order valence-electron chi connectivity index (χ0n) is 16.1. The number of hydrogen-bond acceptors (Lipinski definition) is 4. The van der Waals surface area contributed by atoms with Gasteiger partial charge in [0.1, 0.15) is 18.6 Å². The molecule has 5 nitrogen and oxygen atoms in total. The van der Waals surface area contributed by atoms with Crippen LogP contribution in [0.25, 0.3) is 0 Å². The number of aliphatic hydroxyl groups excluding tert-OH is 1. The van der Waals surface area contributed by atoms with Crippen molar-refractivity contribution in [1.29, 1.82) is 0 Å². The smallest absolute Gasteiger partial charge is 0.321 e. The molecule has 7 rings (SSSR count). The number of carbonyl (C=O) groups excluding carboxylic acids is 1. The molecule has 1 aromatic carbocycles. The minimum Gasteiger partial charge on any atom is -0.468 e. The summed E-state index contributed by atoms with van der Waals surface area (Å²) in [5, 5.41) is 15.8. The Morgan fingerprint density at radius 2 is 2.19 bits per heavy atom. The molecule has 2 N–H and O–H groups in total. The maximum Gasteiger partial charge on any atom is 0.321 e. The summed E-state index contributed by atoms with van der Waals surface area (Å²) in [5.74, 6) is -0.132. The molecule has 5 aliphatic heterocycles. The first-order valence-electron chi connectivity index (χ1n) is 10.1. The number of methoxy groups -OCH3 is 1. The van der Waals surface area contributed by atoms with Crippen LogP contribution in [0, 0.1) is 11.3 Å². The Bertz CT molecular complexity index is 913. The summed E-state index contributed by atoms with van der Waals surface area (Å²) < 4.78 is 6.24. The van der Waals surface area contributed by atoms with Gasteiger partial charge >= 0.3 is 5.97 Å². The van der Waals surface area contributed by atoms with Crippen molar-refractivity contribution in [3.63, 3.8) is 0 Å². The number of fused-ring (bicyclic) bond motifs is 2. The second kappa shape index (κ2) is 4.58. The van der Waals surface area contributed by atoms with Crippen molar-refractivity contribution >= 4 is 11.7 Å². The number of ether oxygens (including phenoxy) is 1. The first-order chi connectivity index (χ1) is 13.0. The second-order valence-electron chi connectivity index (χ2n) is 9.48. The number of nitrogens with zero attached hydrogens (tertiary/aromatic N) is 1. The molecule has 27 heavy (non-hydrogen) atoms. The minimum absolute atomic E-state index is 0.0823. The summed E-state index contributed by atoms with van der Waals surface area (Å²) in [6.45, 7) is 3.05. The molecule has 0 radical (unpaired) electrons. The quantitative estimate of drug-likeness (QED) is 0.452. The number of likely N-dealkylation sites (N-methyl/N-ethyl adjacent to an activating group) is 1. The first kappa shape index (κ1) is 16.1. The highest BCUT2D eigenvalue weighted by molar-refractivity contribution is 5.83. The lowest BCUT2D eigenvalue weighted by Gasteiger charge is -2.64. The van der Waals surface area contributed by atoms with Gasteiger partial charge in [-0.05, 0) is 24.1 Å². The molecular formula is C22H27N2O3+. The summed E-state index contributed by atoms with van der Waals surface area (Å²) >= 11 is 0. The molecule has 1 spiro atoms. The Kier molecular flexibility index (Phi) is 2.74.